The lowest BCUT2D eigenvalue weighted by atomic mass is 10.1. The van der Waals surface area contributed by atoms with E-state index in [2.05, 4.69) is 0 Å². The molecule has 1 aliphatic heterocycles. The van der Waals surface area contributed by atoms with Crippen molar-refractivity contribution in [1.82, 2.24) is 0 Å². The molecule has 1 amide bonds. The molecule has 1 aromatic rings. The zero-order valence-corrected chi connectivity index (χ0v) is 9.06. The molecule has 1 N–H and O–H groups in total. The Morgan fingerprint density at radius 1 is 1.50 bits per heavy atom. The van der Waals surface area contributed by atoms with Crippen molar-refractivity contribution in [1.29, 1.82) is 0 Å². The van der Waals surface area contributed by atoms with Crippen LogP contribution in [0.5, 0.6) is 0 Å². The number of benzene rings is 1. The van der Waals surface area contributed by atoms with Crippen LogP contribution in [0.25, 0.3) is 0 Å². The zero-order chi connectivity index (χ0) is 11.7. The average Bonchev–Trinajstić information content (AvgIpc) is 2.55. The molecule has 84 valence electrons. The fraction of sp³-hybridized carbons (Fsp3) is 0.333. The second-order valence-electron chi connectivity index (χ2n) is 3.87. The summed E-state index contributed by atoms with van der Waals surface area (Å²) in [5.41, 5.74) is 1.91. The van der Waals surface area contributed by atoms with Crippen LogP contribution in [0.3, 0.4) is 0 Å². The third-order valence-electron chi connectivity index (χ3n) is 2.71. The molecule has 1 heterocycles. The minimum atomic E-state index is -0.960. The number of carboxylic acids is 1. The SMILES string of the molecule is CCCN1C(=O)Cc2ccc(C(=O)O)cc21. The predicted octanol–water partition coefficient (Wildman–Crippen LogP) is 1.68. The average molecular weight is 219 g/mol. The first kappa shape index (κ1) is 10.7. The maximum absolute atomic E-state index is 11.7. The van der Waals surface area contributed by atoms with Gasteiger partial charge in [-0.3, -0.25) is 4.79 Å². The molecule has 0 radical (unpaired) electrons. The summed E-state index contributed by atoms with van der Waals surface area (Å²) in [5, 5.41) is 8.89. The van der Waals surface area contributed by atoms with Crippen LogP contribution in [-0.2, 0) is 11.2 Å². The fourth-order valence-corrected chi connectivity index (χ4v) is 1.96. The van der Waals surface area contributed by atoms with Gasteiger partial charge in [0.2, 0.25) is 5.91 Å². The number of carbonyl (C=O) groups is 2. The van der Waals surface area contributed by atoms with Crippen molar-refractivity contribution in [2.45, 2.75) is 19.8 Å². The summed E-state index contributed by atoms with van der Waals surface area (Å²) in [4.78, 5) is 24.2. The number of hydrogen-bond donors (Lipinski definition) is 1. The molecule has 16 heavy (non-hydrogen) atoms. The van der Waals surface area contributed by atoms with Crippen molar-refractivity contribution in [2.75, 3.05) is 11.4 Å². The van der Waals surface area contributed by atoms with Gasteiger partial charge in [-0.2, -0.15) is 0 Å². The first-order chi connectivity index (χ1) is 7.63. The lowest BCUT2D eigenvalue weighted by Gasteiger charge is -2.16. The summed E-state index contributed by atoms with van der Waals surface area (Å²) in [6, 6.07) is 4.86. The largest absolute Gasteiger partial charge is 0.478 e. The number of fused-ring (bicyclic) bond motifs is 1. The minimum absolute atomic E-state index is 0.0550. The van der Waals surface area contributed by atoms with Gasteiger partial charge in [-0.15, -0.1) is 0 Å². The highest BCUT2D eigenvalue weighted by molar-refractivity contribution is 6.03. The molecule has 2 rings (SSSR count). The highest BCUT2D eigenvalue weighted by atomic mass is 16.4. The Kier molecular flexibility index (Phi) is 2.64. The van der Waals surface area contributed by atoms with Gasteiger partial charge in [0, 0.05) is 12.2 Å². The second kappa shape index (κ2) is 3.96. The number of nitrogens with zero attached hydrogens (tertiary/aromatic N) is 1. The summed E-state index contributed by atoms with van der Waals surface area (Å²) in [7, 11) is 0. The summed E-state index contributed by atoms with van der Waals surface area (Å²) >= 11 is 0. The van der Waals surface area contributed by atoms with Gasteiger partial charge in [0.15, 0.2) is 0 Å². The standard InChI is InChI=1S/C12H13NO3/c1-2-5-13-10-6-9(12(15)16)4-3-8(10)7-11(13)14/h3-4,6H,2,5,7H2,1H3,(H,15,16). The highest BCUT2D eigenvalue weighted by Crippen LogP contribution is 2.29. The zero-order valence-electron chi connectivity index (χ0n) is 9.06. The van der Waals surface area contributed by atoms with Gasteiger partial charge in [-0.05, 0) is 24.1 Å². The molecule has 0 bridgehead atoms. The number of carboxylic acid groups (broad SMARTS) is 1. The van der Waals surface area contributed by atoms with E-state index in [-0.39, 0.29) is 11.5 Å². The van der Waals surface area contributed by atoms with Gasteiger partial charge < -0.3 is 10.0 Å². The minimum Gasteiger partial charge on any atom is -0.478 e. The van der Waals surface area contributed by atoms with E-state index in [1.54, 1.807) is 23.1 Å². The van der Waals surface area contributed by atoms with Crippen LogP contribution in [0, 0.1) is 0 Å². The molecule has 0 fully saturated rings. The van der Waals surface area contributed by atoms with Crippen molar-refractivity contribution in [3.8, 4) is 0 Å². The van der Waals surface area contributed by atoms with Crippen LogP contribution in [0.15, 0.2) is 18.2 Å². The van der Waals surface area contributed by atoms with E-state index in [9.17, 15) is 9.59 Å². The van der Waals surface area contributed by atoms with E-state index in [0.29, 0.717) is 13.0 Å². The monoisotopic (exact) mass is 219 g/mol. The molecular formula is C12H13NO3. The molecule has 0 aromatic heterocycles. The van der Waals surface area contributed by atoms with Gasteiger partial charge in [-0.25, -0.2) is 4.79 Å². The van der Waals surface area contributed by atoms with Crippen LogP contribution in [0.2, 0.25) is 0 Å². The van der Waals surface area contributed by atoms with Gasteiger partial charge in [0.05, 0.1) is 12.0 Å². The molecule has 0 atom stereocenters. The number of carbonyl (C=O) groups excluding carboxylic acids is 1. The van der Waals surface area contributed by atoms with Crippen molar-refractivity contribution in [3.63, 3.8) is 0 Å². The first-order valence-corrected chi connectivity index (χ1v) is 5.30. The third-order valence-corrected chi connectivity index (χ3v) is 2.71. The number of aromatic carboxylic acids is 1. The van der Waals surface area contributed by atoms with Crippen molar-refractivity contribution in [3.05, 3.63) is 29.3 Å². The summed E-state index contributed by atoms with van der Waals surface area (Å²) in [6.07, 6.45) is 1.25. The molecule has 0 unspecified atom stereocenters. The second-order valence-corrected chi connectivity index (χ2v) is 3.87. The Balaban J connectivity index is 2.41. The fourth-order valence-electron chi connectivity index (χ4n) is 1.96. The number of hydrogen-bond acceptors (Lipinski definition) is 2. The number of amides is 1. The highest BCUT2D eigenvalue weighted by Gasteiger charge is 2.27. The van der Waals surface area contributed by atoms with Gasteiger partial charge in [0.1, 0.15) is 0 Å². The summed E-state index contributed by atoms with van der Waals surface area (Å²) in [6.45, 7) is 2.64. The van der Waals surface area contributed by atoms with Crippen molar-refractivity contribution in [2.24, 2.45) is 0 Å². The van der Waals surface area contributed by atoms with E-state index in [0.717, 1.165) is 17.7 Å². The number of anilines is 1. The third kappa shape index (κ3) is 1.66. The quantitative estimate of drug-likeness (QED) is 0.841. The van der Waals surface area contributed by atoms with Crippen molar-refractivity contribution >= 4 is 17.6 Å². The number of rotatable bonds is 3. The van der Waals surface area contributed by atoms with E-state index >= 15 is 0 Å². The Hall–Kier alpha value is -1.84. The molecular weight excluding hydrogens is 206 g/mol. The Bertz CT molecular complexity index is 454. The maximum Gasteiger partial charge on any atom is 0.335 e. The van der Waals surface area contributed by atoms with Crippen molar-refractivity contribution < 1.29 is 14.7 Å². The molecule has 0 saturated carbocycles. The summed E-state index contributed by atoms with van der Waals surface area (Å²) in [5.74, 6) is -0.905. The molecule has 1 aromatic carbocycles. The van der Waals surface area contributed by atoms with E-state index < -0.39 is 5.97 Å². The molecule has 0 aliphatic carbocycles. The topological polar surface area (TPSA) is 57.6 Å². The normalized spacial score (nSPS) is 14.1. The lowest BCUT2D eigenvalue weighted by Crippen LogP contribution is -2.27. The van der Waals surface area contributed by atoms with Gasteiger partial charge >= 0.3 is 5.97 Å². The van der Waals surface area contributed by atoms with E-state index in [4.69, 9.17) is 5.11 Å². The van der Waals surface area contributed by atoms with Crippen LogP contribution >= 0.6 is 0 Å². The van der Waals surface area contributed by atoms with Gasteiger partial charge in [0.25, 0.3) is 0 Å². The van der Waals surface area contributed by atoms with E-state index in [1.165, 1.54) is 0 Å². The van der Waals surface area contributed by atoms with Crippen LogP contribution < -0.4 is 4.90 Å². The summed E-state index contributed by atoms with van der Waals surface area (Å²) < 4.78 is 0. The lowest BCUT2D eigenvalue weighted by molar-refractivity contribution is -0.117. The van der Waals surface area contributed by atoms with E-state index in [1.807, 2.05) is 6.92 Å². The van der Waals surface area contributed by atoms with Crippen LogP contribution in [0.4, 0.5) is 5.69 Å². The molecule has 0 saturated heterocycles. The maximum atomic E-state index is 11.7. The molecule has 4 nitrogen and oxygen atoms in total. The first-order valence-electron chi connectivity index (χ1n) is 5.30. The Morgan fingerprint density at radius 2 is 2.25 bits per heavy atom. The smallest absolute Gasteiger partial charge is 0.335 e. The predicted molar refractivity (Wildman–Crippen MR) is 59.7 cm³/mol. The Labute approximate surface area is 93.5 Å². The van der Waals surface area contributed by atoms with Crippen LogP contribution in [-0.4, -0.2) is 23.5 Å². The van der Waals surface area contributed by atoms with Gasteiger partial charge in [-0.1, -0.05) is 13.0 Å². The molecule has 0 spiro atoms. The Morgan fingerprint density at radius 3 is 2.88 bits per heavy atom. The molecule has 1 aliphatic rings. The molecule has 4 heteroatoms. The van der Waals surface area contributed by atoms with Crippen LogP contribution in [0.1, 0.15) is 29.3 Å².